The Labute approximate surface area is 152 Å². The Bertz CT molecular complexity index is 558. The minimum atomic E-state index is 0.234. The molecule has 1 aromatic carbocycles. The van der Waals surface area contributed by atoms with Crippen LogP contribution in [0.1, 0.15) is 43.7 Å². The van der Waals surface area contributed by atoms with E-state index in [9.17, 15) is 4.79 Å². The van der Waals surface area contributed by atoms with Crippen LogP contribution in [0.25, 0.3) is 0 Å². The van der Waals surface area contributed by atoms with Gasteiger partial charge >= 0.3 is 0 Å². The van der Waals surface area contributed by atoms with Crippen molar-refractivity contribution in [1.29, 1.82) is 0 Å². The third-order valence-electron chi connectivity index (χ3n) is 5.98. The van der Waals surface area contributed by atoms with E-state index in [1.54, 1.807) is 0 Å². The zero-order valence-corrected chi connectivity index (χ0v) is 15.8. The minimum Gasteiger partial charge on any atom is -0.356 e. The molecule has 0 saturated carbocycles. The minimum absolute atomic E-state index is 0.234. The van der Waals surface area contributed by atoms with Crippen LogP contribution in [0.3, 0.4) is 0 Å². The van der Waals surface area contributed by atoms with Gasteiger partial charge in [0.2, 0.25) is 5.91 Å². The molecule has 0 aromatic heterocycles. The SMILES string of the molecule is CCNC(=O)C1CCN(C2CCN(Cc3ccccc3C)CC2)CC1. The molecule has 2 saturated heterocycles. The summed E-state index contributed by atoms with van der Waals surface area (Å²) in [7, 11) is 0. The Morgan fingerprint density at radius 3 is 2.40 bits per heavy atom. The Kier molecular flexibility index (Phi) is 6.49. The fourth-order valence-electron chi connectivity index (χ4n) is 4.32. The molecule has 0 radical (unpaired) electrons. The van der Waals surface area contributed by atoms with Crippen molar-refractivity contribution in [2.45, 2.75) is 52.1 Å². The Balaban J connectivity index is 1.42. The van der Waals surface area contributed by atoms with Gasteiger partial charge in [-0.25, -0.2) is 0 Å². The molecule has 0 bridgehead atoms. The highest BCUT2D eigenvalue weighted by Gasteiger charge is 2.30. The average molecular weight is 344 g/mol. The third kappa shape index (κ3) is 4.83. The van der Waals surface area contributed by atoms with Gasteiger partial charge < -0.3 is 10.2 Å². The second-order valence-electron chi connectivity index (χ2n) is 7.64. The lowest BCUT2D eigenvalue weighted by molar-refractivity contribution is -0.126. The molecule has 0 unspecified atom stereocenters. The molecule has 2 fully saturated rings. The van der Waals surface area contributed by atoms with Gasteiger partial charge in [0.05, 0.1) is 0 Å². The Morgan fingerprint density at radius 1 is 1.08 bits per heavy atom. The molecule has 138 valence electrons. The fourth-order valence-corrected chi connectivity index (χ4v) is 4.32. The lowest BCUT2D eigenvalue weighted by Crippen LogP contribution is -2.49. The summed E-state index contributed by atoms with van der Waals surface area (Å²) in [5.74, 6) is 0.493. The van der Waals surface area contributed by atoms with Crippen molar-refractivity contribution in [2.24, 2.45) is 5.92 Å². The number of carbonyl (C=O) groups is 1. The van der Waals surface area contributed by atoms with Crippen molar-refractivity contribution in [3.05, 3.63) is 35.4 Å². The van der Waals surface area contributed by atoms with E-state index < -0.39 is 0 Å². The zero-order chi connectivity index (χ0) is 17.6. The molecule has 4 nitrogen and oxygen atoms in total. The van der Waals surface area contributed by atoms with Crippen LogP contribution in [0.5, 0.6) is 0 Å². The van der Waals surface area contributed by atoms with Gasteiger partial charge in [-0.3, -0.25) is 9.69 Å². The highest BCUT2D eigenvalue weighted by molar-refractivity contribution is 5.78. The molecule has 2 heterocycles. The van der Waals surface area contributed by atoms with Gasteiger partial charge in [0.25, 0.3) is 0 Å². The van der Waals surface area contributed by atoms with E-state index in [1.165, 1.54) is 37.1 Å². The van der Waals surface area contributed by atoms with Crippen molar-refractivity contribution in [1.82, 2.24) is 15.1 Å². The summed E-state index contributed by atoms with van der Waals surface area (Å²) in [4.78, 5) is 17.2. The maximum Gasteiger partial charge on any atom is 0.223 e. The lowest BCUT2D eigenvalue weighted by atomic mass is 9.92. The van der Waals surface area contributed by atoms with Crippen LogP contribution < -0.4 is 5.32 Å². The van der Waals surface area contributed by atoms with E-state index in [2.05, 4.69) is 46.3 Å². The second kappa shape index (κ2) is 8.81. The molecule has 2 aliphatic rings. The smallest absolute Gasteiger partial charge is 0.223 e. The summed E-state index contributed by atoms with van der Waals surface area (Å²) >= 11 is 0. The maximum atomic E-state index is 12.0. The van der Waals surface area contributed by atoms with Gasteiger partial charge in [0, 0.05) is 25.0 Å². The number of hydrogen-bond acceptors (Lipinski definition) is 3. The number of hydrogen-bond donors (Lipinski definition) is 1. The first-order valence-corrected chi connectivity index (χ1v) is 9.96. The van der Waals surface area contributed by atoms with Crippen LogP contribution in [-0.2, 0) is 11.3 Å². The highest BCUT2D eigenvalue weighted by Crippen LogP contribution is 2.25. The molecular weight excluding hydrogens is 310 g/mol. The molecule has 25 heavy (non-hydrogen) atoms. The number of likely N-dealkylation sites (tertiary alicyclic amines) is 2. The quantitative estimate of drug-likeness (QED) is 0.893. The molecular formula is C21H33N3O. The number of amides is 1. The second-order valence-corrected chi connectivity index (χ2v) is 7.64. The Hall–Kier alpha value is -1.39. The first-order chi connectivity index (χ1) is 12.2. The van der Waals surface area contributed by atoms with Gasteiger partial charge in [0.15, 0.2) is 0 Å². The monoisotopic (exact) mass is 343 g/mol. The highest BCUT2D eigenvalue weighted by atomic mass is 16.1. The van der Waals surface area contributed by atoms with Gasteiger partial charge in [-0.05, 0) is 76.8 Å². The van der Waals surface area contributed by atoms with Crippen LogP contribution in [0.2, 0.25) is 0 Å². The zero-order valence-electron chi connectivity index (χ0n) is 15.8. The fraction of sp³-hybridized carbons (Fsp3) is 0.667. The van der Waals surface area contributed by atoms with E-state index in [0.717, 1.165) is 39.0 Å². The molecule has 4 heteroatoms. The molecule has 0 atom stereocenters. The summed E-state index contributed by atoms with van der Waals surface area (Å²) in [5.41, 5.74) is 2.86. The van der Waals surface area contributed by atoms with Gasteiger partial charge in [0.1, 0.15) is 0 Å². The van der Waals surface area contributed by atoms with E-state index in [0.29, 0.717) is 6.04 Å². The van der Waals surface area contributed by atoms with E-state index >= 15 is 0 Å². The normalized spacial score (nSPS) is 21.4. The predicted octanol–water partition coefficient (Wildman–Crippen LogP) is 2.81. The van der Waals surface area contributed by atoms with Crippen molar-refractivity contribution in [2.75, 3.05) is 32.7 Å². The van der Waals surface area contributed by atoms with Gasteiger partial charge in [-0.15, -0.1) is 0 Å². The van der Waals surface area contributed by atoms with Crippen LogP contribution in [0, 0.1) is 12.8 Å². The van der Waals surface area contributed by atoms with E-state index in [-0.39, 0.29) is 11.8 Å². The molecule has 2 aliphatic heterocycles. The number of piperidine rings is 2. The van der Waals surface area contributed by atoms with Crippen molar-refractivity contribution in [3.8, 4) is 0 Å². The summed E-state index contributed by atoms with van der Waals surface area (Å²) in [6.45, 7) is 10.6. The third-order valence-corrected chi connectivity index (χ3v) is 5.98. The maximum absolute atomic E-state index is 12.0. The lowest BCUT2D eigenvalue weighted by Gasteiger charge is -2.41. The molecule has 0 spiro atoms. The summed E-state index contributed by atoms with van der Waals surface area (Å²) in [6, 6.07) is 9.45. The van der Waals surface area contributed by atoms with Crippen molar-refractivity contribution >= 4 is 5.91 Å². The number of aryl methyl sites for hydroxylation is 1. The summed E-state index contributed by atoms with van der Waals surface area (Å²) < 4.78 is 0. The first-order valence-electron chi connectivity index (χ1n) is 9.96. The predicted molar refractivity (Wildman–Crippen MR) is 102 cm³/mol. The number of nitrogens with one attached hydrogen (secondary N) is 1. The van der Waals surface area contributed by atoms with E-state index in [1.807, 2.05) is 6.92 Å². The van der Waals surface area contributed by atoms with E-state index in [4.69, 9.17) is 0 Å². The molecule has 1 aromatic rings. The van der Waals surface area contributed by atoms with Gasteiger partial charge in [-0.1, -0.05) is 24.3 Å². The van der Waals surface area contributed by atoms with Crippen LogP contribution in [-0.4, -0.2) is 54.5 Å². The molecule has 1 amide bonds. The van der Waals surface area contributed by atoms with Crippen LogP contribution >= 0.6 is 0 Å². The first kappa shape index (κ1) is 18.4. The largest absolute Gasteiger partial charge is 0.356 e. The van der Waals surface area contributed by atoms with Gasteiger partial charge in [-0.2, -0.15) is 0 Å². The van der Waals surface area contributed by atoms with Crippen LogP contribution in [0.15, 0.2) is 24.3 Å². The summed E-state index contributed by atoms with van der Waals surface area (Å²) in [5, 5.41) is 2.98. The van der Waals surface area contributed by atoms with Crippen LogP contribution in [0.4, 0.5) is 0 Å². The molecule has 3 rings (SSSR count). The topological polar surface area (TPSA) is 35.6 Å². The standard InChI is InChI=1S/C21H33N3O/c1-3-22-21(25)18-8-14-24(15-9-18)20-10-12-23(13-11-20)16-19-7-5-4-6-17(19)2/h4-7,18,20H,3,8-16H2,1-2H3,(H,22,25). The summed E-state index contributed by atoms with van der Waals surface area (Å²) in [6.07, 6.45) is 4.57. The average Bonchev–Trinajstić information content (AvgIpc) is 2.65. The number of rotatable bonds is 5. The number of carbonyl (C=O) groups excluding carboxylic acids is 1. The molecule has 1 N–H and O–H groups in total. The number of nitrogens with zero attached hydrogens (tertiary/aromatic N) is 2. The van der Waals surface area contributed by atoms with Crippen molar-refractivity contribution < 1.29 is 4.79 Å². The Morgan fingerprint density at radius 2 is 1.76 bits per heavy atom. The number of benzene rings is 1. The molecule has 0 aliphatic carbocycles. The van der Waals surface area contributed by atoms with Crippen molar-refractivity contribution in [3.63, 3.8) is 0 Å².